The molecule has 0 amide bonds. The lowest BCUT2D eigenvalue weighted by Gasteiger charge is -2.20. The van der Waals surface area contributed by atoms with E-state index in [1.54, 1.807) is 0 Å². The van der Waals surface area contributed by atoms with Crippen molar-refractivity contribution in [3.63, 3.8) is 0 Å². The molecule has 0 unspecified atom stereocenters. The van der Waals surface area contributed by atoms with E-state index >= 15 is 0 Å². The summed E-state index contributed by atoms with van der Waals surface area (Å²) in [6, 6.07) is 37.5. The van der Waals surface area contributed by atoms with Crippen LogP contribution in [0.2, 0.25) is 0 Å². The van der Waals surface area contributed by atoms with Crippen molar-refractivity contribution in [1.82, 2.24) is 4.57 Å². The van der Waals surface area contributed by atoms with Gasteiger partial charge in [0, 0.05) is 31.6 Å². The van der Waals surface area contributed by atoms with Crippen molar-refractivity contribution in [3.8, 4) is 16.8 Å². The first-order valence-electron chi connectivity index (χ1n) is 10.2. The van der Waals surface area contributed by atoms with E-state index in [1.165, 1.54) is 59.2 Å². The third-order valence-electron chi connectivity index (χ3n) is 6.16. The number of benzene rings is 5. The van der Waals surface area contributed by atoms with Crippen LogP contribution in [-0.4, -0.2) is 4.57 Å². The molecule has 1 aromatic heterocycles. The molecule has 0 saturated carbocycles. The molecule has 30 heavy (non-hydrogen) atoms. The molecule has 1 aliphatic heterocycles. The summed E-state index contributed by atoms with van der Waals surface area (Å²) in [6.45, 7) is 0. The molecule has 0 radical (unpaired) electrons. The van der Waals surface area contributed by atoms with Gasteiger partial charge in [0.2, 0.25) is 0 Å². The third-order valence-corrected chi connectivity index (χ3v) is 7.28. The highest BCUT2D eigenvalue weighted by Crippen LogP contribution is 2.50. The number of nitrogens with zero attached hydrogens (tertiary/aromatic N) is 1. The molecule has 0 aliphatic carbocycles. The molecule has 5 aromatic carbocycles. The van der Waals surface area contributed by atoms with Crippen molar-refractivity contribution in [1.29, 1.82) is 0 Å². The molecule has 6 aromatic rings. The number of rotatable bonds is 1. The van der Waals surface area contributed by atoms with Gasteiger partial charge in [-0.25, -0.2) is 0 Å². The Morgan fingerprint density at radius 1 is 0.533 bits per heavy atom. The van der Waals surface area contributed by atoms with Crippen LogP contribution >= 0.6 is 11.8 Å². The Morgan fingerprint density at radius 2 is 1.33 bits per heavy atom. The van der Waals surface area contributed by atoms with Gasteiger partial charge in [-0.05, 0) is 52.9 Å². The predicted molar refractivity (Wildman–Crippen MR) is 128 cm³/mol. The molecule has 0 bridgehead atoms. The van der Waals surface area contributed by atoms with Gasteiger partial charge >= 0.3 is 0 Å². The monoisotopic (exact) mass is 399 g/mol. The Kier molecular flexibility index (Phi) is 3.27. The van der Waals surface area contributed by atoms with Gasteiger partial charge in [0.05, 0.1) is 11.0 Å². The molecule has 2 heteroatoms. The predicted octanol–water partition coefficient (Wildman–Crippen LogP) is 8.07. The Bertz CT molecular complexity index is 1600. The van der Waals surface area contributed by atoms with Crippen LogP contribution in [0, 0.1) is 0 Å². The van der Waals surface area contributed by atoms with E-state index in [9.17, 15) is 0 Å². The third kappa shape index (κ3) is 2.14. The highest BCUT2D eigenvalue weighted by atomic mass is 32.2. The van der Waals surface area contributed by atoms with Gasteiger partial charge < -0.3 is 4.57 Å². The summed E-state index contributed by atoms with van der Waals surface area (Å²) in [5, 5.41) is 5.30. The summed E-state index contributed by atoms with van der Waals surface area (Å²) in [5.74, 6) is 0. The Labute approximate surface area is 178 Å². The van der Waals surface area contributed by atoms with E-state index in [1.807, 2.05) is 11.8 Å². The van der Waals surface area contributed by atoms with Crippen LogP contribution in [-0.2, 0) is 0 Å². The van der Waals surface area contributed by atoms with Crippen LogP contribution in [0.25, 0.3) is 49.4 Å². The van der Waals surface area contributed by atoms with Gasteiger partial charge in [-0.3, -0.25) is 0 Å². The average molecular weight is 400 g/mol. The molecule has 140 valence electrons. The molecule has 0 atom stereocenters. The topological polar surface area (TPSA) is 4.93 Å². The van der Waals surface area contributed by atoms with E-state index < -0.39 is 0 Å². The lowest BCUT2D eigenvalue weighted by Crippen LogP contribution is -1.96. The summed E-state index contributed by atoms with van der Waals surface area (Å²) in [4.78, 5) is 2.67. The summed E-state index contributed by atoms with van der Waals surface area (Å²) < 4.78 is 2.40. The molecular formula is C28H17NS. The van der Waals surface area contributed by atoms with E-state index in [0.29, 0.717) is 0 Å². The summed E-state index contributed by atoms with van der Waals surface area (Å²) in [7, 11) is 0. The lowest BCUT2D eigenvalue weighted by atomic mass is 9.96. The number of aromatic nitrogens is 1. The Balaban J connectivity index is 1.63. The fraction of sp³-hybridized carbons (Fsp3) is 0. The van der Waals surface area contributed by atoms with Crippen LogP contribution in [0.5, 0.6) is 0 Å². The van der Waals surface area contributed by atoms with Crippen LogP contribution in [0.3, 0.4) is 0 Å². The van der Waals surface area contributed by atoms with Crippen LogP contribution in [0.15, 0.2) is 113 Å². The second-order valence-corrected chi connectivity index (χ2v) is 8.90. The van der Waals surface area contributed by atoms with Gasteiger partial charge in [-0.15, -0.1) is 0 Å². The maximum atomic E-state index is 2.41. The molecule has 2 heterocycles. The molecule has 1 aliphatic rings. The molecule has 0 saturated heterocycles. The minimum absolute atomic E-state index is 1.20. The summed E-state index contributed by atoms with van der Waals surface area (Å²) >= 11 is 1.89. The summed E-state index contributed by atoms with van der Waals surface area (Å²) in [5.41, 5.74) is 6.40. The van der Waals surface area contributed by atoms with Crippen LogP contribution in [0.1, 0.15) is 0 Å². The first kappa shape index (κ1) is 16.3. The van der Waals surface area contributed by atoms with Crippen LogP contribution < -0.4 is 0 Å². The van der Waals surface area contributed by atoms with Gasteiger partial charge in [0.1, 0.15) is 0 Å². The van der Waals surface area contributed by atoms with Gasteiger partial charge in [-0.2, -0.15) is 0 Å². The number of hydrogen-bond donors (Lipinski definition) is 0. The van der Waals surface area contributed by atoms with Gasteiger partial charge in [0.15, 0.2) is 0 Å². The SMILES string of the molecule is c1ccc(-n2c3ccccc3c3cc4c(cc32)Sc2cccc3cccc-4c23)cc1. The van der Waals surface area contributed by atoms with E-state index in [4.69, 9.17) is 0 Å². The van der Waals surface area contributed by atoms with Gasteiger partial charge in [-0.1, -0.05) is 78.5 Å². The quantitative estimate of drug-likeness (QED) is 0.270. The number of fused-ring (bicyclic) bond motifs is 5. The van der Waals surface area contributed by atoms with Crippen molar-refractivity contribution in [3.05, 3.63) is 103 Å². The molecule has 7 rings (SSSR count). The zero-order valence-corrected chi connectivity index (χ0v) is 17.0. The minimum atomic E-state index is 1.20. The van der Waals surface area contributed by atoms with E-state index in [2.05, 4.69) is 108 Å². The second kappa shape index (κ2) is 6.01. The Morgan fingerprint density at radius 3 is 2.23 bits per heavy atom. The fourth-order valence-corrected chi connectivity index (χ4v) is 6.04. The molecule has 0 N–H and O–H groups in total. The first-order chi connectivity index (χ1) is 14.9. The van der Waals surface area contributed by atoms with Crippen molar-refractivity contribution < 1.29 is 0 Å². The highest BCUT2D eigenvalue weighted by molar-refractivity contribution is 7.99. The van der Waals surface area contributed by atoms with Crippen molar-refractivity contribution in [2.45, 2.75) is 9.79 Å². The van der Waals surface area contributed by atoms with Crippen molar-refractivity contribution >= 4 is 44.3 Å². The Hall–Kier alpha value is -3.49. The normalized spacial score (nSPS) is 12.5. The van der Waals surface area contributed by atoms with Crippen molar-refractivity contribution in [2.24, 2.45) is 0 Å². The highest BCUT2D eigenvalue weighted by Gasteiger charge is 2.22. The minimum Gasteiger partial charge on any atom is -0.309 e. The zero-order valence-electron chi connectivity index (χ0n) is 16.2. The summed E-state index contributed by atoms with van der Waals surface area (Å²) in [6.07, 6.45) is 0. The zero-order chi connectivity index (χ0) is 19.7. The lowest BCUT2D eigenvalue weighted by molar-refractivity contribution is 1.17. The molecular weight excluding hydrogens is 382 g/mol. The van der Waals surface area contributed by atoms with E-state index in [-0.39, 0.29) is 0 Å². The maximum absolute atomic E-state index is 2.41. The fourth-order valence-electron chi connectivity index (χ4n) is 4.88. The van der Waals surface area contributed by atoms with Crippen molar-refractivity contribution in [2.75, 3.05) is 0 Å². The standard InChI is InChI=1S/C28H17NS/c1-2-10-19(11-3-1)29-24-14-5-4-12-20(24)22-16-23-21-13-6-8-18-9-7-15-26(28(18)21)30-27(23)17-25(22)29/h1-17H. The second-order valence-electron chi connectivity index (χ2n) is 7.82. The molecule has 1 nitrogen and oxygen atoms in total. The van der Waals surface area contributed by atoms with Crippen LogP contribution in [0.4, 0.5) is 0 Å². The molecule has 0 spiro atoms. The number of para-hydroxylation sites is 2. The number of hydrogen-bond acceptors (Lipinski definition) is 1. The largest absolute Gasteiger partial charge is 0.309 e. The average Bonchev–Trinajstić information content (AvgIpc) is 3.12. The molecule has 0 fully saturated rings. The smallest absolute Gasteiger partial charge is 0.0552 e. The van der Waals surface area contributed by atoms with Gasteiger partial charge in [0.25, 0.3) is 0 Å². The van der Waals surface area contributed by atoms with E-state index in [0.717, 1.165) is 0 Å². The maximum Gasteiger partial charge on any atom is 0.0552 e. The first-order valence-corrected chi connectivity index (χ1v) is 11.0.